The van der Waals surface area contributed by atoms with Gasteiger partial charge in [-0.05, 0) is 35.2 Å². The Labute approximate surface area is 118 Å². The van der Waals surface area contributed by atoms with Crippen LogP contribution in [0.1, 0.15) is 48.5 Å². The highest BCUT2D eigenvalue weighted by Crippen LogP contribution is 2.32. The number of unbranched alkanes of at least 4 members (excludes halogenated alkanes) is 3. The Kier molecular flexibility index (Phi) is 4.61. The fourth-order valence-electron chi connectivity index (χ4n) is 2.54. The van der Waals surface area contributed by atoms with E-state index >= 15 is 0 Å². The molecule has 3 heteroatoms. The average molecular weight is 272 g/mol. The zero-order valence-corrected chi connectivity index (χ0v) is 11.7. The lowest BCUT2D eigenvalue weighted by molar-refractivity contribution is 0.0696. The van der Waals surface area contributed by atoms with Crippen LogP contribution in [-0.2, 0) is 6.42 Å². The van der Waals surface area contributed by atoms with E-state index < -0.39 is 5.97 Å². The van der Waals surface area contributed by atoms with Gasteiger partial charge in [0.25, 0.3) is 0 Å². The summed E-state index contributed by atoms with van der Waals surface area (Å²) < 4.78 is 0. The first kappa shape index (κ1) is 14.4. The van der Waals surface area contributed by atoms with E-state index in [2.05, 4.69) is 6.92 Å². The highest BCUT2D eigenvalue weighted by Gasteiger charge is 2.17. The highest BCUT2D eigenvalue weighted by molar-refractivity contribution is 6.06. The number of aryl methyl sites for hydroxylation is 1. The van der Waals surface area contributed by atoms with Crippen LogP contribution < -0.4 is 0 Å². The molecular formula is C17H20O3. The smallest absolute Gasteiger partial charge is 0.340 e. The van der Waals surface area contributed by atoms with Crippen LogP contribution >= 0.6 is 0 Å². The lowest BCUT2D eigenvalue weighted by atomic mass is 9.96. The number of phenols is 1. The van der Waals surface area contributed by atoms with Crippen LogP contribution in [0.15, 0.2) is 30.3 Å². The minimum atomic E-state index is -1.07. The number of rotatable bonds is 6. The quantitative estimate of drug-likeness (QED) is 0.768. The third kappa shape index (κ3) is 2.93. The lowest BCUT2D eigenvalue weighted by Gasteiger charge is -2.11. The first-order valence-corrected chi connectivity index (χ1v) is 7.12. The summed E-state index contributed by atoms with van der Waals surface area (Å²) in [7, 11) is 0. The molecule has 0 fully saturated rings. The van der Waals surface area contributed by atoms with E-state index in [1.165, 1.54) is 6.42 Å². The van der Waals surface area contributed by atoms with Crippen molar-refractivity contribution in [3.05, 3.63) is 41.5 Å². The van der Waals surface area contributed by atoms with E-state index in [-0.39, 0.29) is 11.3 Å². The largest absolute Gasteiger partial charge is 0.507 e. The Morgan fingerprint density at radius 2 is 1.90 bits per heavy atom. The van der Waals surface area contributed by atoms with Gasteiger partial charge in [0.05, 0.1) is 0 Å². The lowest BCUT2D eigenvalue weighted by Crippen LogP contribution is -2.01. The molecule has 106 valence electrons. The maximum atomic E-state index is 11.4. The minimum Gasteiger partial charge on any atom is -0.507 e. The topological polar surface area (TPSA) is 57.5 Å². The molecule has 20 heavy (non-hydrogen) atoms. The molecule has 2 aromatic carbocycles. The van der Waals surface area contributed by atoms with Crippen LogP contribution in [0, 0.1) is 0 Å². The molecule has 0 aliphatic carbocycles. The van der Waals surface area contributed by atoms with Crippen molar-refractivity contribution in [2.45, 2.75) is 39.0 Å². The first-order chi connectivity index (χ1) is 9.65. The van der Waals surface area contributed by atoms with Crippen molar-refractivity contribution < 1.29 is 15.0 Å². The van der Waals surface area contributed by atoms with E-state index in [1.54, 1.807) is 12.1 Å². The number of hydrogen-bond donors (Lipinski definition) is 2. The zero-order valence-electron chi connectivity index (χ0n) is 11.7. The molecule has 0 aromatic heterocycles. The number of hydrogen-bond acceptors (Lipinski definition) is 2. The van der Waals surface area contributed by atoms with Crippen LogP contribution in [0.2, 0.25) is 0 Å². The first-order valence-electron chi connectivity index (χ1n) is 7.12. The molecule has 0 saturated heterocycles. The summed E-state index contributed by atoms with van der Waals surface area (Å²) in [4.78, 5) is 11.4. The molecule has 0 radical (unpaired) electrons. The second kappa shape index (κ2) is 6.42. The molecule has 0 spiro atoms. The van der Waals surface area contributed by atoms with E-state index in [0.29, 0.717) is 5.39 Å². The summed E-state index contributed by atoms with van der Waals surface area (Å²) in [6.07, 6.45) is 5.12. The molecule has 2 aromatic rings. The van der Waals surface area contributed by atoms with Crippen LogP contribution in [0.25, 0.3) is 10.8 Å². The van der Waals surface area contributed by atoms with Crippen molar-refractivity contribution in [1.82, 2.24) is 0 Å². The Balaban J connectivity index is 2.40. The number of carboxylic acid groups (broad SMARTS) is 1. The van der Waals surface area contributed by atoms with Gasteiger partial charge in [0, 0.05) is 0 Å². The van der Waals surface area contributed by atoms with Gasteiger partial charge in [0.15, 0.2) is 0 Å². The molecule has 0 aliphatic heterocycles. The van der Waals surface area contributed by atoms with Crippen molar-refractivity contribution in [3.8, 4) is 5.75 Å². The predicted octanol–water partition coefficient (Wildman–Crippen LogP) is 4.37. The van der Waals surface area contributed by atoms with Crippen LogP contribution in [-0.4, -0.2) is 16.2 Å². The van der Waals surface area contributed by atoms with Gasteiger partial charge in [-0.2, -0.15) is 0 Å². The Morgan fingerprint density at radius 1 is 1.15 bits per heavy atom. The number of aromatic carboxylic acids is 1. The molecule has 0 unspecified atom stereocenters. The fourth-order valence-corrected chi connectivity index (χ4v) is 2.54. The van der Waals surface area contributed by atoms with E-state index in [9.17, 15) is 15.0 Å². The maximum absolute atomic E-state index is 11.4. The molecule has 0 bridgehead atoms. The predicted molar refractivity (Wildman–Crippen MR) is 80.4 cm³/mol. The summed E-state index contributed by atoms with van der Waals surface area (Å²) in [6.45, 7) is 2.15. The van der Waals surface area contributed by atoms with Crippen LogP contribution in [0.3, 0.4) is 0 Å². The number of aromatic hydroxyl groups is 1. The van der Waals surface area contributed by atoms with E-state index in [1.807, 2.05) is 18.2 Å². The summed E-state index contributed by atoms with van der Waals surface area (Å²) in [6, 6.07) is 9.19. The highest BCUT2D eigenvalue weighted by atomic mass is 16.4. The minimum absolute atomic E-state index is 0.0218. The zero-order chi connectivity index (χ0) is 14.5. The van der Waals surface area contributed by atoms with Crippen molar-refractivity contribution in [2.24, 2.45) is 0 Å². The molecular weight excluding hydrogens is 252 g/mol. The Hall–Kier alpha value is -2.03. The monoisotopic (exact) mass is 272 g/mol. The van der Waals surface area contributed by atoms with Crippen molar-refractivity contribution in [3.63, 3.8) is 0 Å². The average Bonchev–Trinajstić information content (AvgIpc) is 2.43. The summed E-state index contributed by atoms with van der Waals surface area (Å²) >= 11 is 0. The SMILES string of the molecule is CCCCCCc1cc2ccccc2c(C(=O)O)c1O. The molecule has 2 rings (SSSR count). The normalized spacial score (nSPS) is 10.8. The number of carboxylic acids is 1. The molecule has 0 aliphatic rings. The van der Waals surface area contributed by atoms with Gasteiger partial charge >= 0.3 is 5.97 Å². The second-order valence-electron chi connectivity index (χ2n) is 5.10. The molecule has 0 atom stereocenters. The van der Waals surface area contributed by atoms with Gasteiger partial charge in [-0.1, -0.05) is 50.5 Å². The van der Waals surface area contributed by atoms with E-state index in [0.717, 1.165) is 36.6 Å². The van der Waals surface area contributed by atoms with Gasteiger partial charge in [-0.15, -0.1) is 0 Å². The third-order valence-electron chi connectivity index (χ3n) is 3.61. The van der Waals surface area contributed by atoms with Gasteiger partial charge in [0.1, 0.15) is 11.3 Å². The Bertz CT molecular complexity index is 617. The van der Waals surface area contributed by atoms with Gasteiger partial charge in [-0.3, -0.25) is 0 Å². The summed E-state index contributed by atoms with van der Waals surface area (Å²) in [5.41, 5.74) is 0.755. The summed E-state index contributed by atoms with van der Waals surface area (Å²) in [5, 5.41) is 21.0. The molecule has 0 saturated carbocycles. The van der Waals surface area contributed by atoms with Crippen molar-refractivity contribution in [2.75, 3.05) is 0 Å². The molecule has 3 nitrogen and oxygen atoms in total. The van der Waals surface area contributed by atoms with Crippen molar-refractivity contribution >= 4 is 16.7 Å². The standard InChI is InChI=1S/C17H20O3/c1-2-3-4-5-9-13-11-12-8-6-7-10-14(12)15(16(13)18)17(19)20/h6-8,10-11,18H,2-5,9H2,1H3,(H,19,20). The second-order valence-corrected chi connectivity index (χ2v) is 5.10. The van der Waals surface area contributed by atoms with Gasteiger partial charge in [0.2, 0.25) is 0 Å². The Morgan fingerprint density at radius 3 is 2.60 bits per heavy atom. The van der Waals surface area contributed by atoms with Crippen LogP contribution in [0.4, 0.5) is 0 Å². The summed E-state index contributed by atoms with van der Waals surface area (Å²) in [5.74, 6) is -1.15. The molecule has 2 N–H and O–H groups in total. The third-order valence-corrected chi connectivity index (χ3v) is 3.61. The van der Waals surface area contributed by atoms with Gasteiger partial charge < -0.3 is 10.2 Å². The number of carbonyl (C=O) groups is 1. The van der Waals surface area contributed by atoms with E-state index in [4.69, 9.17) is 0 Å². The maximum Gasteiger partial charge on any atom is 0.340 e. The molecule has 0 amide bonds. The van der Waals surface area contributed by atoms with Crippen LogP contribution in [0.5, 0.6) is 5.75 Å². The number of fused-ring (bicyclic) bond motifs is 1. The number of benzene rings is 2. The molecule has 0 heterocycles. The van der Waals surface area contributed by atoms with Crippen molar-refractivity contribution in [1.29, 1.82) is 0 Å². The van der Waals surface area contributed by atoms with Gasteiger partial charge in [-0.25, -0.2) is 4.79 Å². The fraction of sp³-hybridized carbons (Fsp3) is 0.353.